The predicted octanol–water partition coefficient (Wildman–Crippen LogP) is 2.70. The van der Waals surface area contributed by atoms with Crippen LogP contribution in [-0.4, -0.2) is 6.04 Å². The minimum atomic E-state index is 0.297. The molecule has 1 aromatic rings. The van der Waals surface area contributed by atoms with Crippen molar-refractivity contribution < 1.29 is 0 Å². The average molecular weight is 189 g/mol. The van der Waals surface area contributed by atoms with Crippen molar-refractivity contribution in [1.29, 1.82) is 0 Å². The Hall–Kier alpha value is -0.820. The lowest BCUT2D eigenvalue weighted by molar-refractivity contribution is 0.598. The van der Waals surface area contributed by atoms with Gasteiger partial charge < -0.3 is 5.73 Å². The van der Waals surface area contributed by atoms with Gasteiger partial charge in [-0.25, -0.2) is 0 Å². The first-order chi connectivity index (χ1) is 6.59. The highest BCUT2D eigenvalue weighted by molar-refractivity contribution is 5.39. The molecule has 0 saturated heterocycles. The zero-order valence-electron chi connectivity index (χ0n) is 9.25. The summed E-state index contributed by atoms with van der Waals surface area (Å²) in [6, 6.07) is 9.03. The van der Waals surface area contributed by atoms with Crippen molar-refractivity contribution in [3.05, 3.63) is 35.4 Å². The lowest BCUT2D eigenvalue weighted by atomic mass is 9.97. The molecule has 0 unspecified atom stereocenters. The van der Waals surface area contributed by atoms with Crippen LogP contribution < -0.4 is 5.73 Å². The minimum Gasteiger partial charge on any atom is -0.327 e. The van der Waals surface area contributed by atoms with Crippen LogP contribution in [0.25, 0.3) is 0 Å². The van der Waals surface area contributed by atoms with Crippen LogP contribution in [0.3, 0.4) is 0 Å². The van der Waals surface area contributed by atoms with Crippen molar-refractivity contribution >= 4 is 0 Å². The van der Waals surface area contributed by atoms with E-state index in [1.54, 1.807) is 0 Å². The number of aryl methyl sites for hydroxylation is 1. The zero-order chi connectivity index (χ0) is 10.3. The van der Waals surface area contributed by atoms with E-state index in [0.717, 1.165) is 6.42 Å². The molecule has 0 amide bonds. The highest BCUT2D eigenvalue weighted by Crippen LogP contribution is 2.57. The van der Waals surface area contributed by atoms with Gasteiger partial charge in [-0.1, -0.05) is 45.0 Å². The molecule has 0 spiro atoms. The third-order valence-electron chi connectivity index (χ3n) is 3.68. The third-order valence-corrected chi connectivity index (χ3v) is 3.68. The maximum Gasteiger partial charge on any atom is 0.0172 e. The standard InChI is InChI=1S/C13H19N/c1-4-9-7-5-6-8-10(9)11-12(14)13(11,2)3/h5-8,11-12H,4,14H2,1-3H3/t11-,12-/m0/s1. The molecule has 2 atom stereocenters. The SMILES string of the molecule is CCc1ccccc1[C@H]1[C@H](N)C1(C)C. The van der Waals surface area contributed by atoms with E-state index < -0.39 is 0 Å². The van der Waals surface area contributed by atoms with E-state index in [2.05, 4.69) is 45.0 Å². The summed E-state index contributed by atoms with van der Waals surface area (Å²) in [5, 5.41) is 0. The first kappa shape index (κ1) is 9.72. The molecule has 1 nitrogen and oxygen atoms in total. The summed E-state index contributed by atoms with van der Waals surface area (Å²) in [6.07, 6.45) is 1.11. The van der Waals surface area contributed by atoms with E-state index in [4.69, 9.17) is 5.73 Å². The highest BCUT2D eigenvalue weighted by atomic mass is 14.8. The van der Waals surface area contributed by atoms with E-state index in [0.29, 0.717) is 17.4 Å². The molecular weight excluding hydrogens is 170 g/mol. The van der Waals surface area contributed by atoms with Crippen molar-refractivity contribution in [2.45, 2.75) is 39.2 Å². The Balaban J connectivity index is 2.34. The second-order valence-electron chi connectivity index (χ2n) is 4.88. The van der Waals surface area contributed by atoms with Gasteiger partial charge in [0.2, 0.25) is 0 Å². The van der Waals surface area contributed by atoms with Gasteiger partial charge in [-0.05, 0) is 23.0 Å². The molecule has 0 aromatic heterocycles. The maximum atomic E-state index is 6.10. The van der Waals surface area contributed by atoms with Gasteiger partial charge in [-0.2, -0.15) is 0 Å². The van der Waals surface area contributed by atoms with Crippen molar-refractivity contribution in [2.24, 2.45) is 11.1 Å². The Morgan fingerprint density at radius 2 is 1.86 bits per heavy atom. The van der Waals surface area contributed by atoms with E-state index >= 15 is 0 Å². The van der Waals surface area contributed by atoms with Gasteiger partial charge in [0.05, 0.1) is 0 Å². The number of hydrogen-bond acceptors (Lipinski definition) is 1. The van der Waals surface area contributed by atoms with Crippen LogP contribution in [0.15, 0.2) is 24.3 Å². The van der Waals surface area contributed by atoms with Crippen LogP contribution in [0.4, 0.5) is 0 Å². The number of rotatable bonds is 2. The van der Waals surface area contributed by atoms with Crippen molar-refractivity contribution in [1.82, 2.24) is 0 Å². The third kappa shape index (κ3) is 1.27. The number of hydrogen-bond donors (Lipinski definition) is 1. The Morgan fingerprint density at radius 1 is 1.29 bits per heavy atom. The van der Waals surface area contributed by atoms with Crippen LogP contribution in [0.1, 0.15) is 37.8 Å². The summed E-state index contributed by atoms with van der Waals surface area (Å²) < 4.78 is 0. The number of benzene rings is 1. The quantitative estimate of drug-likeness (QED) is 0.760. The molecule has 1 heteroatoms. The molecular formula is C13H19N. The Morgan fingerprint density at radius 3 is 2.36 bits per heavy atom. The normalized spacial score (nSPS) is 28.9. The average Bonchev–Trinajstić information content (AvgIpc) is 2.66. The lowest BCUT2D eigenvalue weighted by Crippen LogP contribution is -2.06. The van der Waals surface area contributed by atoms with E-state index in [1.165, 1.54) is 11.1 Å². The predicted molar refractivity (Wildman–Crippen MR) is 60.3 cm³/mol. The van der Waals surface area contributed by atoms with Gasteiger partial charge in [-0.15, -0.1) is 0 Å². The molecule has 0 radical (unpaired) electrons. The minimum absolute atomic E-state index is 0.297. The Kier molecular flexibility index (Phi) is 2.15. The van der Waals surface area contributed by atoms with Crippen LogP contribution in [0, 0.1) is 5.41 Å². The van der Waals surface area contributed by atoms with Crippen LogP contribution in [-0.2, 0) is 6.42 Å². The molecule has 76 valence electrons. The summed E-state index contributed by atoms with van der Waals surface area (Å²) in [6.45, 7) is 6.73. The largest absolute Gasteiger partial charge is 0.327 e. The molecule has 2 rings (SSSR count). The molecule has 14 heavy (non-hydrogen) atoms. The molecule has 0 heterocycles. The Bertz CT molecular complexity index is 341. The van der Waals surface area contributed by atoms with Gasteiger partial charge in [-0.3, -0.25) is 0 Å². The fourth-order valence-electron chi connectivity index (χ4n) is 2.43. The highest BCUT2D eigenvalue weighted by Gasteiger charge is 2.56. The van der Waals surface area contributed by atoms with Crippen LogP contribution in [0.5, 0.6) is 0 Å². The first-order valence-electron chi connectivity index (χ1n) is 5.42. The van der Waals surface area contributed by atoms with Crippen molar-refractivity contribution in [3.8, 4) is 0 Å². The molecule has 0 aliphatic heterocycles. The second-order valence-corrected chi connectivity index (χ2v) is 4.88. The molecule has 0 bridgehead atoms. The fourth-order valence-corrected chi connectivity index (χ4v) is 2.43. The topological polar surface area (TPSA) is 26.0 Å². The van der Waals surface area contributed by atoms with Crippen molar-refractivity contribution in [2.75, 3.05) is 0 Å². The van der Waals surface area contributed by atoms with Gasteiger partial charge in [0.1, 0.15) is 0 Å². The summed E-state index contributed by atoms with van der Waals surface area (Å²) in [4.78, 5) is 0. The zero-order valence-corrected chi connectivity index (χ0v) is 9.25. The van der Waals surface area contributed by atoms with Gasteiger partial charge in [0.25, 0.3) is 0 Å². The van der Waals surface area contributed by atoms with Crippen molar-refractivity contribution in [3.63, 3.8) is 0 Å². The van der Waals surface area contributed by atoms with E-state index in [1.807, 2.05) is 0 Å². The monoisotopic (exact) mass is 189 g/mol. The molecule has 1 fully saturated rings. The van der Waals surface area contributed by atoms with E-state index in [-0.39, 0.29) is 0 Å². The van der Waals surface area contributed by atoms with Crippen LogP contribution in [0.2, 0.25) is 0 Å². The molecule has 1 aliphatic carbocycles. The molecule has 1 aromatic carbocycles. The second kappa shape index (κ2) is 3.09. The van der Waals surface area contributed by atoms with Gasteiger partial charge >= 0.3 is 0 Å². The first-order valence-corrected chi connectivity index (χ1v) is 5.42. The smallest absolute Gasteiger partial charge is 0.0172 e. The molecule has 1 saturated carbocycles. The molecule has 2 N–H and O–H groups in total. The summed E-state index contributed by atoms with van der Waals surface area (Å²) in [5.74, 6) is 0.568. The maximum absolute atomic E-state index is 6.10. The summed E-state index contributed by atoms with van der Waals surface area (Å²) >= 11 is 0. The van der Waals surface area contributed by atoms with Crippen LogP contribution >= 0.6 is 0 Å². The lowest BCUT2D eigenvalue weighted by Gasteiger charge is -2.08. The fraction of sp³-hybridized carbons (Fsp3) is 0.538. The summed E-state index contributed by atoms with van der Waals surface area (Å²) in [7, 11) is 0. The Labute approximate surface area is 86.3 Å². The number of nitrogens with two attached hydrogens (primary N) is 1. The summed E-state index contributed by atoms with van der Waals surface area (Å²) in [5.41, 5.74) is 9.32. The van der Waals surface area contributed by atoms with Gasteiger partial charge in [0, 0.05) is 12.0 Å². The van der Waals surface area contributed by atoms with Gasteiger partial charge in [0.15, 0.2) is 0 Å². The molecule has 1 aliphatic rings. The van der Waals surface area contributed by atoms with E-state index in [9.17, 15) is 0 Å².